The number of hydrogen-bond acceptors (Lipinski definition) is 2. The number of aromatic nitrogens is 2. The molecule has 0 bridgehead atoms. The molecule has 4 heteroatoms. The van der Waals surface area contributed by atoms with Gasteiger partial charge in [-0.05, 0) is 47.0 Å². The van der Waals surface area contributed by atoms with Gasteiger partial charge in [-0.1, -0.05) is 12.1 Å². The maximum atomic E-state index is 12.0. The molecule has 0 atom stereocenters. The molecule has 21 heavy (non-hydrogen) atoms. The van der Waals surface area contributed by atoms with Crippen molar-refractivity contribution in [1.82, 2.24) is 9.55 Å². The van der Waals surface area contributed by atoms with Crippen LogP contribution in [-0.2, 0) is 6.42 Å². The van der Waals surface area contributed by atoms with Crippen LogP contribution in [0.4, 0.5) is 0 Å². The number of carbonyl (C=O) groups is 1. The predicted molar refractivity (Wildman–Crippen MR) is 86.0 cm³/mol. The first-order chi connectivity index (χ1) is 10.2. The van der Waals surface area contributed by atoms with Crippen molar-refractivity contribution in [1.29, 1.82) is 0 Å². The van der Waals surface area contributed by atoms with Crippen LogP contribution in [0.15, 0.2) is 47.2 Å². The van der Waals surface area contributed by atoms with Crippen LogP contribution in [0.5, 0.6) is 0 Å². The second-order valence-electron chi connectivity index (χ2n) is 5.33. The molecule has 0 spiro atoms. The summed E-state index contributed by atoms with van der Waals surface area (Å²) in [5.41, 5.74) is 3.98. The number of Topliss-reactive ketones (excluding diaryl/α,β-unsaturated/α-hetero) is 1. The zero-order valence-electron chi connectivity index (χ0n) is 11.3. The molecule has 0 amide bonds. The van der Waals surface area contributed by atoms with E-state index in [1.807, 2.05) is 24.5 Å². The highest BCUT2D eigenvalue weighted by Gasteiger charge is 2.21. The Hall–Kier alpha value is -1.94. The molecule has 0 aliphatic heterocycles. The molecule has 0 saturated carbocycles. The quantitative estimate of drug-likeness (QED) is 0.661. The van der Waals surface area contributed by atoms with Crippen LogP contribution in [0.25, 0.3) is 16.6 Å². The van der Waals surface area contributed by atoms with Crippen LogP contribution in [-0.4, -0.2) is 15.3 Å². The summed E-state index contributed by atoms with van der Waals surface area (Å²) in [6.45, 7) is 0. The summed E-state index contributed by atoms with van der Waals surface area (Å²) in [5.74, 6) is 0.256. The maximum Gasteiger partial charge on any atom is 0.164 e. The smallest absolute Gasteiger partial charge is 0.164 e. The normalized spacial score (nSPS) is 14.4. The third kappa shape index (κ3) is 2.02. The average Bonchev–Trinajstić information content (AvgIpc) is 2.91. The van der Waals surface area contributed by atoms with Gasteiger partial charge in [-0.2, -0.15) is 0 Å². The fraction of sp³-hybridized carbons (Fsp3) is 0.176. The Morgan fingerprint density at radius 1 is 1.19 bits per heavy atom. The number of benzene rings is 1. The average molecular weight is 341 g/mol. The number of fused-ring (bicyclic) bond motifs is 2. The maximum absolute atomic E-state index is 12.0. The lowest BCUT2D eigenvalue weighted by Crippen LogP contribution is -2.12. The van der Waals surface area contributed by atoms with Gasteiger partial charge in [0.1, 0.15) is 0 Å². The second kappa shape index (κ2) is 4.81. The van der Waals surface area contributed by atoms with Crippen LogP contribution in [0.3, 0.4) is 0 Å². The van der Waals surface area contributed by atoms with Gasteiger partial charge in [-0.15, -0.1) is 0 Å². The molecule has 0 unspecified atom stereocenters. The van der Waals surface area contributed by atoms with E-state index in [9.17, 15) is 4.79 Å². The van der Waals surface area contributed by atoms with E-state index in [1.165, 1.54) is 0 Å². The molecule has 4 rings (SSSR count). The van der Waals surface area contributed by atoms with E-state index in [0.717, 1.165) is 45.2 Å². The van der Waals surface area contributed by atoms with Crippen molar-refractivity contribution in [3.05, 3.63) is 58.5 Å². The van der Waals surface area contributed by atoms with Crippen molar-refractivity contribution < 1.29 is 4.79 Å². The van der Waals surface area contributed by atoms with Gasteiger partial charge in [0.05, 0.1) is 11.2 Å². The van der Waals surface area contributed by atoms with Crippen LogP contribution >= 0.6 is 15.9 Å². The van der Waals surface area contributed by atoms with E-state index < -0.39 is 0 Å². The Morgan fingerprint density at radius 3 is 3.00 bits per heavy atom. The Morgan fingerprint density at radius 2 is 2.10 bits per heavy atom. The summed E-state index contributed by atoms with van der Waals surface area (Å²) < 4.78 is 3.09. The third-order valence-electron chi connectivity index (χ3n) is 4.03. The molecular weight excluding hydrogens is 328 g/mol. The van der Waals surface area contributed by atoms with Crippen LogP contribution in [0, 0.1) is 0 Å². The van der Waals surface area contributed by atoms with E-state index >= 15 is 0 Å². The number of pyridine rings is 1. The first kappa shape index (κ1) is 12.8. The monoisotopic (exact) mass is 340 g/mol. The zero-order chi connectivity index (χ0) is 14.4. The highest BCUT2D eigenvalue weighted by atomic mass is 79.9. The first-order valence-corrected chi connectivity index (χ1v) is 7.81. The molecule has 2 aromatic heterocycles. The van der Waals surface area contributed by atoms with Gasteiger partial charge in [0, 0.05) is 39.9 Å². The standard InChI is InChI=1S/C17H13BrN2O/c18-12-9-11-3-1-5-15(17(11)19-10-12)20-8-7-13-14(20)4-2-6-16(13)21/h1,3,5,7-10H,2,4,6H2. The van der Waals surface area contributed by atoms with Crippen LogP contribution in [0.2, 0.25) is 0 Å². The van der Waals surface area contributed by atoms with Crippen LogP contribution < -0.4 is 0 Å². The molecule has 3 aromatic rings. The Balaban J connectivity index is 1.97. The lowest BCUT2D eigenvalue weighted by Gasteiger charge is -2.16. The third-order valence-corrected chi connectivity index (χ3v) is 4.46. The number of para-hydroxylation sites is 1. The topological polar surface area (TPSA) is 34.9 Å². The lowest BCUT2D eigenvalue weighted by atomic mass is 9.96. The predicted octanol–water partition coefficient (Wildman–Crippen LogP) is 4.31. The van der Waals surface area contributed by atoms with Crippen molar-refractivity contribution in [2.75, 3.05) is 0 Å². The molecule has 1 aromatic carbocycles. The number of rotatable bonds is 1. The molecular formula is C17H13BrN2O. The van der Waals surface area contributed by atoms with Gasteiger partial charge >= 0.3 is 0 Å². The molecule has 0 N–H and O–H groups in total. The summed E-state index contributed by atoms with van der Waals surface area (Å²) in [6, 6.07) is 10.1. The Bertz CT molecular complexity index is 866. The summed E-state index contributed by atoms with van der Waals surface area (Å²) >= 11 is 3.46. The molecule has 2 heterocycles. The van der Waals surface area contributed by atoms with E-state index in [0.29, 0.717) is 6.42 Å². The number of ketones is 1. The fourth-order valence-electron chi connectivity index (χ4n) is 3.06. The number of halogens is 1. The molecule has 0 radical (unpaired) electrons. The zero-order valence-corrected chi connectivity index (χ0v) is 12.9. The minimum absolute atomic E-state index is 0.256. The highest BCUT2D eigenvalue weighted by Crippen LogP contribution is 2.29. The molecule has 1 aliphatic rings. The molecule has 0 fully saturated rings. The SMILES string of the molecule is O=C1CCCc2c1ccn2-c1cccc2cc(Br)cnc12. The molecule has 0 saturated heterocycles. The fourth-order valence-corrected chi connectivity index (χ4v) is 3.41. The number of hydrogen-bond donors (Lipinski definition) is 0. The van der Waals surface area contributed by atoms with Crippen molar-refractivity contribution >= 4 is 32.6 Å². The van der Waals surface area contributed by atoms with E-state index in [4.69, 9.17) is 0 Å². The van der Waals surface area contributed by atoms with Gasteiger partial charge in [0.15, 0.2) is 5.78 Å². The van der Waals surface area contributed by atoms with Gasteiger partial charge in [0.25, 0.3) is 0 Å². The second-order valence-corrected chi connectivity index (χ2v) is 6.24. The van der Waals surface area contributed by atoms with E-state index in [1.54, 1.807) is 0 Å². The van der Waals surface area contributed by atoms with Gasteiger partial charge in [-0.25, -0.2) is 0 Å². The largest absolute Gasteiger partial charge is 0.318 e. The summed E-state index contributed by atoms with van der Waals surface area (Å²) in [7, 11) is 0. The van der Waals surface area contributed by atoms with Gasteiger partial charge in [-0.3, -0.25) is 9.78 Å². The van der Waals surface area contributed by atoms with Crippen molar-refractivity contribution in [3.8, 4) is 5.69 Å². The molecule has 3 nitrogen and oxygen atoms in total. The minimum Gasteiger partial charge on any atom is -0.318 e. The summed E-state index contributed by atoms with van der Waals surface area (Å²) in [4.78, 5) is 16.6. The number of carbonyl (C=O) groups excluding carboxylic acids is 1. The van der Waals surface area contributed by atoms with Gasteiger partial charge < -0.3 is 4.57 Å². The summed E-state index contributed by atoms with van der Waals surface area (Å²) in [5, 5.41) is 1.09. The summed E-state index contributed by atoms with van der Waals surface area (Å²) in [6.07, 6.45) is 6.34. The molecule has 1 aliphatic carbocycles. The van der Waals surface area contributed by atoms with E-state index in [2.05, 4.69) is 43.7 Å². The van der Waals surface area contributed by atoms with Gasteiger partial charge in [0.2, 0.25) is 0 Å². The van der Waals surface area contributed by atoms with E-state index in [-0.39, 0.29) is 5.78 Å². The Labute approximate surface area is 130 Å². The van der Waals surface area contributed by atoms with Crippen molar-refractivity contribution in [2.45, 2.75) is 19.3 Å². The lowest BCUT2D eigenvalue weighted by molar-refractivity contribution is 0.0972. The molecule has 104 valence electrons. The highest BCUT2D eigenvalue weighted by molar-refractivity contribution is 9.10. The Kier molecular flexibility index (Phi) is 2.93. The van der Waals surface area contributed by atoms with Crippen LogP contribution in [0.1, 0.15) is 28.9 Å². The number of nitrogens with zero attached hydrogens (tertiary/aromatic N) is 2. The minimum atomic E-state index is 0.256. The van der Waals surface area contributed by atoms with Crippen molar-refractivity contribution in [2.24, 2.45) is 0 Å². The first-order valence-electron chi connectivity index (χ1n) is 7.02. The van der Waals surface area contributed by atoms with Crippen molar-refractivity contribution in [3.63, 3.8) is 0 Å².